The van der Waals surface area contributed by atoms with Gasteiger partial charge in [0.15, 0.2) is 5.82 Å². The first kappa shape index (κ1) is 15.1. The van der Waals surface area contributed by atoms with Gasteiger partial charge in [-0.1, -0.05) is 19.9 Å². The number of nitrogens with one attached hydrogen (secondary N) is 1. The van der Waals surface area contributed by atoms with Gasteiger partial charge in [-0.05, 0) is 11.6 Å². The average molecular weight is 313 g/mol. The minimum absolute atomic E-state index is 0.149. The van der Waals surface area contributed by atoms with E-state index in [9.17, 15) is 9.18 Å². The Kier molecular flexibility index (Phi) is 3.55. The lowest BCUT2D eigenvalue weighted by Gasteiger charge is -2.31. The minimum Gasteiger partial charge on any atom is -0.369 e. The second kappa shape index (κ2) is 5.42. The maximum absolute atomic E-state index is 14.9. The van der Waals surface area contributed by atoms with E-state index in [2.05, 4.69) is 20.2 Å². The van der Waals surface area contributed by atoms with Gasteiger partial charge < -0.3 is 5.73 Å². The number of nitrogens with two attached hydrogens (primary N) is 1. The fourth-order valence-corrected chi connectivity index (χ4v) is 2.70. The van der Waals surface area contributed by atoms with Crippen LogP contribution in [0.1, 0.15) is 31.0 Å². The molecule has 3 aromatic rings. The molecular formula is C16H16FN5O. The lowest BCUT2D eigenvalue weighted by molar-refractivity contribution is -0.126. The zero-order chi connectivity index (χ0) is 16.6. The Morgan fingerprint density at radius 3 is 2.78 bits per heavy atom. The second-order valence-electron chi connectivity index (χ2n) is 5.96. The van der Waals surface area contributed by atoms with Crippen molar-refractivity contribution in [3.63, 3.8) is 0 Å². The molecule has 0 aliphatic carbocycles. The zero-order valence-corrected chi connectivity index (χ0v) is 12.7. The predicted molar refractivity (Wildman–Crippen MR) is 82.9 cm³/mol. The summed E-state index contributed by atoms with van der Waals surface area (Å²) < 4.78 is 14.9. The van der Waals surface area contributed by atoms with Crippen molar-refractivity contribution in [2.75, 3.05) is 0 Å². The fourth-order valence-electron chi connectivity index (χ4n) is 2.70. The number of carbonyl (C=O) groups excluding carboxylic acids is 1. The minimum atomic E-state index is -1.05. The maximum atomic E-state index is 14.9. The molecule has 23 heavy (non-hydrogen) atoms. The molecule has 0 aromatic carbocycles. The number of amides is 1. The van der Waals surface area contributed by atoms with E-state index in [1.165, 1.54) is 12.4 Å². The van der Waals surface area contributed by atoms with E-state index in [0.717, 1.165) is 0 Å². The number of pyridine rings is 2. The van der Waals surface area contributed by atoms with Gasteiger partial charge in [-0.15, -0.1) is 0 Å². The molecule has 0 bridgehead atoms. The maximum Gasteiger partial charge on any atom is 0.224 e. The molecule has 0 fully saturated rings. The highest BCUT2D eigenvalue weighted by Crippen LogP contribution is 2.41. The van der Waals surface area contributed by atoms with Gasteiger partial charge in [-0.3, -0.25) is 19.9 Å². The number of primary amides is 1. The third-order valence-electron chi connectivity index (χ3n) is 4.11. The lowest BCUT2D eigenvalue weighted by atomic mass is 9.72. The van der Waals surface area contributed by atoms with Gasteiger partial charge in [0.2, 0.25) is 5.91 Å². The van der Waals surface area contributed by atoms with Crippen molar-refractivity contribution in [1.29, 1.82) is 0 Å². The van der Waals surface area contributed by atoms with Crippen molar-refractivity contribution in [2.45, 2.75) is 19.8 Å². The molecular weight excluding hydrogens is 297 g/mol. The summed E-state index contributed by atoms with van der Waals surface area (Å²) in [5.74, 6) is -1.72. The quantitative estimate of drug-likeness (QED) is 0.771. The van der Waals surface area contributed by atoms with E-state index >= 15 is 0 Å². The number of H-pyrrole nitrogens is 1. The Labute approximate surface area is 131 Å². The highest BCUT2D eigenvalue weighted by molar-refractivity contribution is 5.83. The van der Waals surface area contributed by atoms with Crippen LogP contribution < -0.4 is 5.73 Å². The first-order valence-corrected chi connectivity index (χ1v) is 7.10. The van der Waals surface area contributed by atoms with Gasteiger partial charge in [-0.25, -0.2) is 4.39 Å². The molecule has 3 aromatic heterocycles. The van der Waals surface area contributed by atoms with Crippen LogP contribution in [0.15, 0.2) is 36.9 Å². The average Bonchev–Trinajstić information content (AvgIpc) is 3.00. The van der Waals surface area contributed by atoms with Crippen LogP contribution in [0, 0.1) is 11.2 Å². The summed E-state index contributed by atoms with van der Waals surface area (Å²) in [6, 6.07) is 3.51. The summed E-state index contributed by atoms with van der Waals surface area (Å²) in [4.78, 5) is 20.3. The molecule has 1 unspecified atom stereocenters. The third-order valence-corrected chi connectivity index (χ3v) is 4.11. The van der Waals surface area contributed by atoms with E-state index in [0.29, 0.717) is 16.5 Å². The number of carbonyl (C=O) groups is 1. The van der Waals surface area contributed by atoms with Crippen LogP contribution in [0.3, 0.4) is 0 Å². The van der Waals surface area contributed by atoms with Crippen LogP contribution in [-0.4, -0.2) is 26.1 Å². The summed E-state index contributed by atoms with van der Waals surface area (Å²) in [6.45, 7) is 3.35. The normalized spacial score (nSPS) is 13.2. The van der Waals surface area contributed by atoms with Crippen molar-refractivity contribution in [3.8, 4) is 0 Å². The number of halogens is 1. The number of aromatic amines is 1. The number of hydrogen-bond acceptors (Lipinski definition) is 4. The molecule has 0 aliphatic heterocycles. The first-order chi connectivity index (χ1) is 10.9. The summed E-state index contributed by atoms with van der Waals surface area (Å²) >= 11 is 0. The molecule has 6 nitrogen and oxygen atoms in total. The summed E-state index contributed by atoms with van der Waals surface area (Å²) in [6.07, 6.45) is 6.10. The summed E-state index contributed by atoms with van der Waals surface area (Å²) in [7, 11) is 0. The van der Waals surface area contributed by atoms with E-state index in [1.807, 2.05) is 0 Å². The first-order valence-electron chi connectivity index (χ1n) is 7.10. The predicted octanol–water partition coefficient (Wildman–Crippen LogP) is 2.14. The van der Waals surface area contributed by atoms with Crippen molar-refractivity contribution >= 4 is 16.8 Å². The molecule has 0 radical (unpaired) electrons. The lowest BCUT2D eigenvalue weighted by Crippen LogP contribution is -2.38. The van der Waals surface area contributed by atoms with Gasteiger partial charge in [0.1, 0.15) is 0 Å². The number of fused-ring (bicyclic) bond motifs is 1. The van der Waals surface area contributed by atoms with Gasteiger partial charge >= 0.3 is 0 Å². The van der Waals surface area contributed by atoms with Crippen molar-refractivity contribution in [1.82, 2.24) is 20.2 Å². The molecule has 118 valence electrons. The Balaban J connectivity index is 2.26. The van der Waals surface area contributed by atoms with Crippen molar-refractivity contribution in [3.05, 3.63) is 54.0 Å². The van der Waals surface area contributed by atoms with Crippen LogP contribution in [0.4, 0.5) is 4.39 Å². The summed E-state index contributed by atoms with van der Waals surface area (Å²) in [5, 5.41) is 6.82. The van der Waals surface area contributed by atoms with E-state index < -0.39 is 23.1 Å². The number of nitrogens with zero attached hydrogens (tertiary/aromatic N) is 3. The highest BCUT2D eigenvalue weighted by Gasteiger charge is 2.40. The Hall–Kier alpha value is -2.83. The van der Waals surface area contributed by atoms with Crippen molar-refractivity contribution < 1.29 is 9.18 Å². The number of hydrogen-bond donors (Lipinski definition) is 2. The third kappa shape index (κ3) is 2.44. The van der Waals surface area contributed by atoms with Crippen molar-refractivity contribution in [2.24, 2.45) is 11.1 Å². The molecule has 3 N–H and O–H groups in total. The van der Waals surface area contributed by atoms with Gasteiger partial charge in [-0.2, -0.15) is 5.10 Å². The van der Waals surface area contributed by atoms with Gasteiger partial charge in [0, 0.05) is 18.3 Å². The van der Waals surface area contributed by atoms with Crippen LogP contribution in [-0.2, 0) is 4.79 Å². The molecule has 1 atom stereocenters. The Morgan fingerprint density at radius 1 is 1.35 bits per heavy atom. The van der Waals surface area contributed by atoms with Crippen LogP contribution in [0.25, 0.3) is 10.9 Å². The van der Waals surface area contributed by atoms with Crippen LogP contribution >= 0.6 is 0 Å². The fraction of sp³-hybridized carbons (Fsp3) is 0.250. The second-order valence-corrected chi connectivity index (χ2v) is 5.96. The highest BCUT2D eigenvalue weighted by atomic mass is 19.1. The number of aromatic nitrogens is 4. The Bertz CT molecular complexity index is 859. The van der Waals surface area contributed by atoms with Gasteiger partial charge in [0.25, 0.3) is 0 Å². The molecule has 0 aliphatic rings. The molecule has 1 amide bonds. The molecule has 3 heterocycles. The van der Waals surface area contributed by atoms with E-state index in [-0.39, 0.29) is 5.69 Å². The molecule has 3 rings (SSSR count). The number of rotatable bonds is 4. The smallest absolute Gasteiger partial charge is 0.224 e. The SMILES string of the molecule is CC(C)(C(N)=O)C(c1cccnc1)c1ncc2[nH]ncc2c1F. The zero-order valence-electron chi connectivity index (χ0n) is 12.7. The van der Waals surface area contributed by atoms with E-state index in [1.54, 1.807) is 38.4 Å². The molecule has 0 saturated heterocycles. The van der Waals surface area contributed by atoms with Crippen LogP contribution in [0.2, 0.25) is 0 Å². The van der Waals surface area contributed by atoms with Crippen LogP contribution in [0.5, 0.6) is 0 Å². The summed E-state index contributed by atoms with van der Waals surface area (Å²) in [5.41, 5.74) is 5.83. The standard InChI is InChI=1S/C16H16FN5O/c1-16(2,15(18)23)12(9-4-3-5-19-6-9)14-13(17)10-7-21-22-11(10)8-20-14/h3-8,12H,1-2H3,(H2,18,23)(H,21,22). The largest absolute Gasteiger partial charge is 0.369 e. The molecule has 0 saturated carbocycles. The Morgan fingerprint density at radius 2 is 2.13 bits per heavy atom. The molecule has 7 heteroatoms. The molecule has 0 spiro atoms. The monoisotopic (exact) mass is 313 g/mol. The topological polar surface area (TPSA) is 97.5 Å². The van der Waals surface area contributed by atoms with Gasteiger partial charge in [0.05, 0.1) is 34.4 Å². The van der Waals surface area contributed by atoms with E-state index in [4.69, 9.17) is 5.73 Å².